The molecule has 2 amide bonds. The van der Waals surface area contributed by atoms with Crippen molar-refractivity contribution in [1.82, 2.24) is 39.8 Å². The maximum Gasteiger partial charge on any atom is 0.277 e. The number of rotatable bonds is 6. The molecule has 0 saturated heterocycles. The second kappa shape index (κ2) is 11.7. The van der Waals surface area contributed by atoms with Crippen LogP contribution in [0.1, 0.15) is 27.7 Å². The molecular formula is C32H23ClFN9O2. The van der Waals surface area contributed by atoms with Crippen molar-refractivity contribution in [3.05, 3.63) is 126 Å². The normalized spacial score (nSPS) is 14.2. The van der Waals surface area contributed by atoms with E-state index in [1.165, 1.54) is 29.6 Å². The minimum atomic E-state index is -1.01. The van der Waals surface area contributed by atoms with Gasteiger partial charge in [-0.15, -0.1) is 5.10 Å². The first-order valence-electron chi connectivity index (χ1n) is 13.9. The topological polar surface area (TPSA) is 135 Å². The number of carbonyl (C=O) groups is 2. The summed E-state index contributed by atoms with van der Waals surface area (Å²) in [6.45, 7) is 0.213. The fourth-order valence-corrected chi connectivity index (χ4v) is 5.69. The number of nitrogens with zero attached hydrogens (tertiary/aromatic N) is 7. The van der Waals surface area contributed by atoms with Crippen molar-refractivity contribution >= 4 is 29.1 Å². The van der Waals surface area contributed by atoms with Gasteiger partial charge in [0.2, 0.25) is 0 Å². The van der Waals surface area contributed by atoms with Crippen molar-refractivity contribution in [3.63, 3.8) is 0 Å². The molecule has 45 heavy (non-hydrogen) atoms. The Morgan fingerprint density at radius 2 is 1.80 bits per heavy atom. The molecule has 13 heteroatoms. The number of hydrogen-bond donors (Lipinski definition) is 2. The largest absolute Gasteiger partial charge is 0.345 e. The lowest BCUT2D eigenvalue weighted by Gasteiger charge is -2.36. The molecule has 11 nitrogen and oxygen atoms in total. The molecule has 0 radical (unpaired) electrons. The Bertz CT molecular complexity index is 2010. The Morgan fingerprint density at radius 3 is 2.58 bits per heavy atom. The van der Waals surface area contributed by atoms with Gasteiger partial charge in [-0.2, -0.15) is 0 Å². The molecule has 0 saturated carbocycles. The number of carbonyl (C=O) groups excluding carboxylic acids is 2. The standard InChI is InChI=1S/C32H23ClFN9O2/c33-25-5-2-6-27(28(25)34)43-17-26(40-41-43)32(45)42-14-11-23-22(20-15-35-18-36-16-20)3-1-4-24(23)29(42)31(44)39-21-9-7-19(8-10-21)30-37-12-13-38-30/h1-10,12-13,15-18,29H,11,14H2,(H,37,38)(H,39,44). The molecule has 0 spiro atoms. The van der Waals surface area contributed by atoms with Crippen LogP contribution in [0.15, 0.2) is 98.0 Å². The Balaban J connectivity index is 1.24. The van der Waals surface area contributed by atoms with Crippen LogP contribution >= 0.6 is 11.6 Å². The van der Waals surface area contributed by atoms with E-state index in [0.717, 1.165) is 26.9 Å². The summed E-state index contributed by atoms with van der Waals surface area (Å²) < 4.78 is 15.8. The highest BCUT2D eigenvalue weighted by Gasteiger charge is 2.38. The Hall–Kier alpha value is -5.75. The van der Waals surface area contributed by atoms with Gasteiger partial charge in [-0.05, 0) is 59.5 Å². The summed E-state index contributed by atoms with van der Waals surface area (Å²) in [4.78, 5) is 45.2. The van der Waals surface area contributed by atoms with Crippen molar-refractivity contribution in [3.8, 4) is 28.2 Å². The van der Waals surface area contributed by atoms with Crippen molar-refractivity contribution in [1.29, 1.82) is 0 Å². The Morgan fingerprint density at radius 1 is 1.00 bits per heavy atom. The molecule has 6 aromatic rings. The van der Waals surface area contributed by atoms with Crippen LogP contribution < -0.4 is 5.32 Å². The fourth-order valence-electron chi connectivity index (χ4n) is 5.52. The highest BCUT2D eigenvalue weighted by Crippen LogP contribution is 2.37. The third kappa shape index (κ3) is 5.31. The van der Waals surface area contributed by atoms with Gasteiger partial charge in [0.1, 0.15) is 23.9 Å². The average Bonchev–Trinajstić information content (AvgIpc) is 3.79. The number of hydrogen-bond acceptors (Lipinski definition) is 7. The van der Waals surface area contributed by atoms with Gasteiger partial charge < -0.3 is 15.2 Å². The maximum absolute atomic E-state index is 14.7. The minimum absolute atomic E-state index is 0.0417. The van der Waals surface area contributed by atoms with Crippen molar-refractivity contribution in [2.75, 3.05) is 11.9 Å². The van der Waals surface area contributed by atoms with Gasteiger partial charge in [-0.3, -0.25) is 9.59 Å². The molecule has 0 aliphatic carbocycles. The lowest BCUT2D eigenvalue weighted by atomic mass is 9.86. The zero-order valence-electron chi connectivity index (χ0n) is 23.4. The molecule has 3 aromatic carbocycles. The van der Waals surface area contributed by atoms with Crippen molar-refractivity contribution < 1.29 is 14.0 Å². The van der Waals surface area contributed by atoms with Gasteiger partial charge >= 0.3 is 0 Å². The summed E-state index contributed by atoms with van der Waals surface area (Å²) in [6, 6.07) is 16.3. The third-order valence-electron chi connectivity index (χ3n) is 7.62. The van der Waals surface area contributed by atoms with Crippen LogP contribution in [0.2, 0.25) is 5.02 Å². The Kier molecular flexibility index (Phi) is 7.31. The van der Waals surface area contributed by atoms with Crippen LogP contribution in [0.5, 0.6) is 0 Å². The fraction of sp³-hybridized carbons (Fsp3) is 0.0938. The molecule has 7 rings (SSSR count). The molecule has 1 aliphatic heterocycles. The SMILES string of the molecule is O=C(Nc1ccc(-c2ncc[nH]2)cc1)C1c2cccc(-c3cncnc3)c2CCN1C(=O)c1cn(-c2cccc(Cl)c2F)nn1. The smallest absolute Gasteiger partial charge is 0.277 e. The first kappa shape index (κ1) is 28.0. The number of benzene rings is 3. The predicted octanol–water partition coefficient (Wildman–Crippen LogP) is 5.29. The highest BCUT2D eigenvalue weighted by molar-refractivity contribution is 6.30. The number of imidazole rings is 1. The highest BCUT2D eigenvalue weighted by atomic mass is 35.5. The molecule has 0 fully saturated rings. The van der Waals surface area contributed by atoms with E-state index in [9.17, 15) is 14.0 Å². The Labute approximate surface area is 260 Å². The lowest BCUT2D eigenvalue weighted by molar-refractivity contribution is -0.121. The van der Waals surface area contributed by atoms with Crippen LogP contribution in [0.4, 0.5) is 10.1 Å². The van der Waals surface area contributed by atoms with Gasteiger partial charge in [0, 0.05) is 48.1 Å². The molecule has 2 N–H and O–H groups in total. The average molecular weight is 620 g/mol. The second-order valence-corrected chi connectivity index (χ2v) is 10.7. The number of fused-ring (bicyclic) bond motifs is 1. The van der Waals surface area contributed by atoms with Crippen LogP contribution in [0, 0.1) is 5.82 Å². The van der Waals surface area contributed by atoms with Crippen molar-refractivity contribution in [2.24, 2.45) is 0 Å². The molecule has 0 bridgehead atoms. The summed E-state index contributed by atoms with van der Waals surface area (Å²) in [6.07, 6.45) is 10.1. The van der Waals surface area contributed by atoms with Gasteiger partial charge in [0.15, 0.2) is 11.5 Å². The van der Waals surface area contributed by atoms with E-state index in [4.69, 9.17) is 11.6 Å². The number of H-pyrrole nitrogens is 1. The van der Waals surface area contributed by atoms with Crippen molar-refractivity contribution in [2.45, 2.75) is 12.5 Å². The second-order valence-electron chi connectivity index (χ2n) is 10.3. The van der Waals surface area contributed by atoms with Crippen LogP contribution in [-0.2, 0) is 11.2 Å². The van der Waals surface area contributed by atoms with E-state index >= 15 is 0 Å². The zero-order chi connectivity index (χ0) is 30.9. The molecule has 3 aromatic heterocycles. The summed E-state index contributed by atoms with van der Waals surface area (Å²) >= 11 is 5.95. The first-order valence-corrected chi connectivity index (χ1v) is 14.3. The quantitative estimate of drug-likeness (QED) is 0.259. The molecular weight excluding hydrogens is 597 g/mol. The van der Waals surface area contributed by atoms with E-state index in [0.29, 0.717) is 23.5 Å². The minimum Gasteiger partial charge on any atom is -0.345 e. The van der Waals surface area contributed by atoms with Gasteiger partial charge in [-0.1, -0.05) is 41.1 Å². The van der Waals surface area contributed by atoms with Gasteiger partial charge in [0.05, 0.1) is 11.2 Å². The third-order valence-corrected chi connectivity index (χ3v) is 7.91. The van der Waals surface area contributed by atoms with Crippen LogP contribution in [0.3, 0.4) is 0 Å². The first-order chi connectivity index (χ1) is 22.0. The maximum atomic E-state index is 14.7. The number of aromatic nitrogens is 7. The summed E-state index contributed by atoms with van der Waals surface area (Å²) in [5.74, 6) is -0.933. The van der Waals surface area contributed by atoms with E-state index in [1.807, 2.05) is 30.3 Å². The monoisotopic (exact) mass is 619 g/mol. The number of amides is 2. The zero-order valence-corrected chi connectivity index (χ0v) is 24.2. The summed E-state index contributed by atoms with van der Waals surface area (Å²) in [5.41, 5.74) is 4.64. The molecule has 1 aliphatic rings. The molecule has 1 unspecified atom stereocenters. The number of anilines is 1. The molecule has 4 heterocycles. The van der Waals surface area contributed by atoms with Crippen LogP contribution in [-0.4, -0.2) is 58.2 Å². The predicted molar refractivity (Wildman–Crippen MR) is 164 cm³/mol. The van der Waals surface area contributed by atoms with E-state index in [1.54, 1.807) is 43.0 Å². The number of aromatic amines is 1. The summed E-state index contributed by atoms with van der Waals surface area (Å²) in [7, 11) is 0. The van der Waals surface area contributed by atoms with E-state index in [-0.39, 0.29) is 22.9 Å². The summed E-state index contributed by atoms with van der Waals surface area (Å²) in [5, 5.41) is 10.9. The molecule has 1 atom stereocenters. The van der Waals surface area contributed by atoms with E-state index in [2.05, 4.69) is 35.6 Å². The molecule has 222 valence electrons. The lowest BCUT2D eigenvalue weighted by Crippen LogP contribution is -2.45. The van der Waals surface area contributed by atoms with E-state index < -0.39 is 23.7 Å². The number of halogens is 2. The number of nitrogens with one attached hydrogen (secondary N) is 2. The van der Waals surface area contributed by atoms with Gasteiger partial charge in [-0.25, -0.2) is 24.0 Å². The van der Waals surface area contributed by atoms with Crippen LogP contribution in [0.25, 0.3) is 28.2 Å². The van der Waals surface area contributed by atoms with Gasteiger partial charge in [0.25, 0.3) is 11.8 Å².